The van der Waals surface area contributed by atoms with Crippen LogP contribution >= 0.6 is 11.6 Å². The minimum Gasteiger partial charge on any atom is -0.379 e. The van der Waals surface area contributed by atoms with E-state index in [-0.39, 0.29) is 4.90 Å². The van der Waals surface area contributed by atoms with Crippen LogP contribution in [0.2, 0.25) is 5.02 Å². The number of ether oxygens (including phenoxy) is 1. The van der Waals surface area contributed by atoms with Crippen LogP contribution in [-0.4, -0.2) is 46.1 Å². The van der Waals surface area contributed by atoms with E-state index in [4.69, 9.17) is 16.3 Å². The summed E-state index contributed by atoms with van der Waals surface area (Å²) in [5.41, 5.74) is 1.64. The molecule has 1 heterocycles. The van der Waals surface area contributed by atoms with E-state index in [2.05, 4.69) is 5.32 Å². The van der Waals surface area contributed by atoms with Gasteiger partial charge in [0.15, 0.2) is 0 Å². The zero-order valence-corrected chi connectivity index (χ0v) is 13.2. The Hall–Kier alpha value is -0.660. The predicted molar refractivity (Wildman–Crippen MR) is 78.5 cm³/mol. The van der Waals surface area contributed by atoms with Gasteiger partial charge in [-0.3, -0.25) is 0 Å². The van der Waals surface area contributed by atoms with Crippen molar-refractivity contribution in [2.45, 2.75) is 18.4 Å². The Kier molecular flexibility index (Phi) is 5.04. The number of nitrogens with one attached hydrogen (secondary N) is 1. The number of benzene rings is 1. The number of hydrogen-bond acceptors (Lipinski definition) is 4. The largest absolute Gasteiger partial charge is 0.379 e. The van der Waals surface area contributed by atoms with Crippen molar-refractivity contribution in [3.8, 4) is 0 Å². The van der Waals surface area contributed by atoms with Crippen molar-refractivity contribution < 1.29 is 13.2 Å². The van der Waals surface area contributed by atoms with Gasteiger partial charge in [0.1, 0.15) is 0 Å². The average molecular weight is 319 g/mol. The molecule has 1 aliphatic heterocycles. The van der Waals surface area contributed by atoms with E-state index in [1.54, 1.807) is 6.07 Å². The van der Waals surface area contributed by atoms with Crippen molar-refractivity contribution in [1.29, 1.82) is 0 Å². The monoisotopic (exact) mass is 318 g/mol. The topological polar surface area (TPSA) is 58.6 Å². The van der Waals surface area contributed by atoms with Gasteiger partial charge in [0.25, 0.3) is 0 Å². The maximum atomic E-state index is 12.7. The molecule has 0 aromatic heterocycles. The van der Waals surface area contributed by atoms with Gasteiger partial charge in [-0.15, -0.1) is 0 Å². The van der Waals surface area contributed by atoms with E-state index in [0.717, 1.165) is 11.1 Å². The van der Waals surface area contributed by atoms with Gasteiger partial charge < -0.3 is 10.1 Å². The van der Waals surface area contributed by atoms with Gasteiger partial charge in [0, 0.05) is 24.7 Å². The Balaban J connectivity index is 2.45. The molecule has 1 fully saturated rings. The SMILES string of the molecule is CNCc1cc(Cl)cc(S(=O)(=O)N2CCOCC2)c1C. The summed E-state index contributed by atoms with van der Waals surface area (Å²) in [4.78, 5) is 0.289. The molecule has 0 spiro atoms. The second-order valence-electron chi connectivity index (χ2n) is 4.73. The summed E-state index contributed by atoms with van der Waals surface area (Å²) in [6.45, 7) is 4.03. The third kappa shape index (κ3) is 3.15. The fraction of sp³-hybridized carbons (Fsp3) is 0.538. The Morgan fingerprint density at radius 1 is 1.35 bits per heavy atom. The van der Waals surface area contributed by atoms with Crippen LogP contribution in [0.3, 0.4) is 0 Å². The maximum Gasteiger partial charge on any atom is 0.243 e. The molecule has 7 heteroatoms. The summed E-state index contributed by atoms with van der Waals surface area (Å²) in [7, 11) is -1.70. The first-order valence-corrected chi connectivity index (χ1v) is 8.30. The maximum absolute atomic E-state index is 12.7. The van der Waals surface area contributed by atoms with Crippen LogP contribution in [0, 0.1) is 6.92 Å². The van der Waals surface area contributed by atoms with Crippen molar-refractivity contribution in [3.05, 3.63) is 28.3 Å². The van der Waals surface area contributed by atoms with E-state index in [1.807, 2.05) is 14.0 Å². The van der Waals surface area contributed by atoms with Gasteiger partial charge in [-0.25, -0.2) is 8.42 Å². The highest BCUT2D eigenvalue weighted by atomic mass is 35.5. The van der Waals surface area contributed by atoms with Crippen LogP contribution in [-0.2, 0) is 21.3 Å². The van der Waals surface area contributed by atoms with Crippen LogP contribution in [0.1, 0.15) is 11.1 Å². The Morgan fingerprint density at radius 3 is 2.60 bits per heavy atom. The molecule has 1 aromatic carbocycles. The molecule has 2 rings (SSSR count). The fourth-order valence-electron chi connectivity index (χ4n) is 2.28. The van der Waals surface area contributed by atoms with Crippen LogP contribution in [0.15, 0.2) is 17.0 Å². The molecule has 1 aliphatic rings. The predicted octanol–water partition coefficient (Wildman–Crippen LogP) is 1.39. The van der Waals surface area contributed by atoms with Crippen molar-refractivity contribution >= 4 is 21.6 Å². The zero-order chi connectivity index (χ0) is 14.8. The third-order valence-electron chi connectivity index (χ3n) is 3.39. The van der Waals surface area contributed by atoms with E-state index in [1.165, 1.54) is 10.4 Å². The number of rotatable bonds is 4. The number of morpholine rings is 1. The summed E-state index contributed by atoms with van der Waals surface area (Å²) in [6.07, 6.45) is 0. The molecule has 0 bridgehead atoms. The van der Waals surface area contributed by atoms with Crippen LogP contribution in [0.25, 0.3) is 0 Å². The van der Waals surface area contributed by atoms with Crippen molar-refractivity contribution in [1.82, 2.24) is 9.62 Å². The van der Waals surface area contributed by atoms with Crippen molar-refractivity contribution in [2.75, 3.05) is 33.4 Å². The molecule has 20 heavy (non-hydrogen) atoms. The van der Waals surface area contributed by atoms with E-state index in [0.29, 0.717) is 37.9 Å². The molecule has 1 saturated heterocycles. The standard InChI is InChI=1S/C13H19ClN2O3S/c1-10-11(9-15-2)7-12(14)8-13(10)20(17,18)16-3-5-19-6-4-16/h7-8,15H,3-6,9H2,1-2H3. The summed E-state index contributed by atoms with van der Waals surface area (Å²) < 4.78 is 32.1. The highest BCUT2D eigenvalue weighted by Gasteiger charge is 2.28. The highest BCUT2D eigenvalue weighted by molar-refractivity contribution is 7.89. The molecule has 0 amide bonds. The van der Waals surface area contributed by atoms with E-state index < -0.39 is 10.0 Å². The quantitative estimate of drug-likeness (QED) is 0.911. The first kappa shape index (κ1) is 15.7. The van der Waals surface area contributed by atoms with E-state index >= 15 is 0 Å². The van der Waals surface area contributed by atoms with Crippen LogP contribution in [0.4, 0.5) is 0 Å². The summed E-state index contributed by atoms with van der Waals surface area (Å²) in [6, 6.07) is 3.33. The van der Waals surface area contributed by atoms with Gasteiger partial charge >= 0.3 is 0 Å². The lowest BCUT2D eigenvalue weighted by atomic mass is 10.1. The molecule has 5 nitrogen and oxygen atoms in total. The summed E-state index contributed by atoms with van der Waals surface area (Å²) in [5.74, 6) is 0. The summed E-state index contributed by atoms with van der Waals surface area (Å²) in [5, 5.41) is 3.46. The van der Waals surface area contributed by atoms with E-state index in [9.17, 15) is 8.42 Å². The second kappa shape index (κ2) is 6.41. The lowest BCUT2D eigenvalue weighted by Crippen LogP contribution is -2.40. The average Bonchev–Trinajstić information content (AvgIpc) is 2.43. The minimum absolute atomic E-state index is 0.289. The Morgan fingerprint density at radius 2 is 2.00 bits per heavy atom. The van der Waals surface area contributed by atoms with Gasteiger partial charge in [-0.05, 0) is 37.2 Å². The second-order valence-corrected chi connectivity index (χ2v) is 7.08. The molecule has 0 radical (unpaired) electrons. The number of nitrogens with zero attached hydrogens (tertiary/aromatic N) is 1. The zero-order valence-electron chi connectivity index (χ0n) is 11.6. The normalized spacial score (nSPS) is 17.4. The van der Waals surface area contributed by atoms with Gasteiger partial charge in [0.2, 0.25) is 10.0 Å². The molecule has 0 saturated carbocycles. The first-order valence-electron chi connectivity index (χ1n) is 6.48. The highest BCUT2D eigenvalue weighted by Crippen LogP contribution is 2.27. The molecule has 112 valence electrons. The van der Waals surface area contributed by atoms with Gasteiger partial charge in [-0.2, -0.15) is 4.31 Å². The van der Waals surface area contributed by atoms with Gasteiger partial charge in [-0.1, -0.05) is 11.6 Å². The lowest BCUT2D eigenvalue weighted by molar-refractivity contribution is 0.0730. The molecule has 1 N–H and O–H groups in total. The number of sulfonamides is 1. The van der Waals surface area contributed by atoms with Crippen LogP contribution in [0.5, 0.6) is 0 Å². The Labute approximate surface area is 124 Å². The number of halogens is 1. The molecule has 0 aliphatic carbocycles. The van der Waals surface area contributed by atoms with Gasteiger partial charge in [0.05, 0.1) is 18.1 Å². The minimum atomic E-state index is -3.51. The molecule has 0 atom stereocenters. The van der Waals surface area contributed by atoms with Crippen molar-refractivity contribution in [2.24, 2.45) is 0 Å². The smallest absolute Gasteiger partial charge is 0.243 e. The first-order chi connectivity index (χ1) is 9.46. The Bertz CT molecular complexity index is 584. The molecular weight excluding hydrogens is 300 g/mol. The fourth-order valence-corrected chi connectivity index (χ4v) is 4.28. The number of hydrogen-bond donors (Lipinski definition) is 1. The third-order valence-corrected chi connectivity index (χ3v) is 5.63. The molecular formula is C13H19ClN2O3S. The molecule has 1 aromatic rings. The van der Waals surface area contributed by atoms with Crippen molar-refractivity contribution in [3.63, 3.8) is 0 Å². The lowest BCUT2D eigenvalue weighted by Gasteiger charge is -2.27. The summed E-state index contributed by atoms with van der Waals surface area (Å²) >= 11 is 6.07. The molecule has 0 unspecified atom stereocenters. The van der Waals surface area contributed by atoms with Crippen LogP contribution < -0.4 is 5.32 Å².